The number of halogens is 1. The molecule has 0 amide bonds. The topological polar surface area (TPSA) is 92.5 Å². The lowest BCUT2D eigenvalue weighted by molar-refractivity contribution is -0.384. The third-order valence-electron chi connectivity index (χ3n) is 2.92. The Hall–Kier alpha value is -1.82. The molecule has 1 aromatic carbocycles. The van der Waals surface area contributed by atoms with Crippen LogP contribution < -0.4 is 5.32 Å². The molecule has 1 aromatic rings. The number of hydrogen-bond acceptors (Lipinski definition) is 4. The average Bonchev–Trinajstić information content (AvgIpc) is 2.32. The maximum Gasteiger partial charge on any atom is 0.303 e. The first-order valence-electron chi connectivity index (χ1n) is 6.24. The lowest BCUT2D eigenvalue weighted by Gasteiger charge is -2.17. The molecule has 0 saturated carbocycles. The molecular weight excluding hydrogens is 284 g/mol. The standard InChI is InChI=1S/C13H17ClN2O4/c1-8-6-12(16(19)20)10(14)7-11(8)15-9(2)4-3-5-13(17)18/h6-7,9,15H,3-5H2,1-2H3,(H,17,18). The summed E-state index contributed by atoms with van der Waals surface area (Å²) in [6, 6.07) is 3.02. The zero-order chi connectivity index (χ0) is 15.3. The Morgan fingerprint density at radius 2 is 2.20 bits per heavy atom. The maximum atomic E-state index is 10.8. The number of carboxylic acid groups (broad SMARTS) is 1. The van der Waals surface area contributed by atoms with Gasteiger partial charge in [-0.2, -0.15) is 0 Å². The fraction of sp³-hybridized carbons (Fsp3) is 0.462. The molecule has 0 fully saturated rings. The van der Waals surface area contributed by atoms with Crippen LogP contribution in [0.5, 0.6) is 0 Å². The lowest BCUT2D eigenvalue weighted by Crippen LogP contribution is -2.16. The highest BCUT2D eigenvalue weighted by atomic mass is 35.5. The van der Waals surface area contributed by atoms with E-state index < -0.39 is 10.9 Å². The van der Waals surface area contributed by atoms with Crippen molar-refractivity contribution in [1.82, 2.24) is 0 Å². The number of carboxylic acids is 1. The highest BCUT2D eigenvalue weighted by molar-refractivity contribution is 6.33. The van der Waals surface area contributed by atoms with Crippen molar-refractivity contribution in [2.45, 2.75) is 39.2 Å². The molecule has 0 aliphatic carbocycles. The second-order valence-corrected chi connectivity index (χ2v) is 5.11. The Morgan fingerprint density at radius 3 is 2.75 bits per heavy atom. The number of hydrogen-bond donors (Lipinski definition) is 2. The molecule has 2 N–H and O–H groups in total. The van der Waals surface area contributed by atoms with Crippen LogP contribution in [0.15, 0.2) is 12.1 Å². The van der Waals surface area contributed by atoms with Crippen LogP contribution >= 0.6 is 11.6 Å². The van der Waals surface area contributed by atoms with Crippen molar-refractivity contribution in [3.8, 4) is 0 Å². The van der Waals surface area contributed by atoms with Gasteiger partial charge in [-0.25, -0.2) is 0 Å². The number of anilines is 1. The van der Waals surface area contributed by atoms with Gasteiger partial charge in [0.05, 0.1) is 4.92 Å². The summed E-state index contributed by atoms with van der Waals surface area (Å²) in [6.45, 7) is 3.69. The van der Waals surface area contributed by atoms with Crippen molar-refractivity contribution in [1.29, 1.82) is 0 Å². The molecule has 1 rings (SSSR count). The molecular formula is C13H17ClN2O4. The number of nitro groups is 1. The van der Waals surface area contributed by atoms with Gasteiger partial charge in [0.2, 0.25) is 0 Å². The SMILES string of the molecule is Cc1cc([N+](=O)[O-])c(Cl)cc1NC(C)CCCC(=O)O. The van der Waals surface area contributed by atoms with Crippen LogP contribution in [0, 0.1) is 17.0 Å². The van der Waals surface area contributed by atoms with Gasteiger partial charge < -0.3 is 10.4 Å². The molecule has 0 spiro atoms. The molecule has 6 nitrogen and oxygen atoms in total. The Bertz CT molecular complexity index is 519. The zero-order valence-corrected chi connectivity index (χ0v) is 12.1. The number of carbonyl (C=O) groups is 1. The second-order valence-electron chi connectivity index (χ2n) is 4.71. The van der Waals surface area contributed by atoms with Crippen molar-refractivity contribution < 1.29 is 14.8 Å². The van der Waals surface area contributed by atoms with E-state index in [1.54, 1.807) is 6.92 Å². The lowest BCUT2D eigenvalue weighted by atomic mass is 10.1. The smallest absolute Gasteiger partial charge is 0.303 e. The van der Waals surface area contributed by atoms with Gasteiger partial charge in [-0.05, 0) is 38.3 Å². The molecule has 1 atom stereocenters. The van der Waals surface area contributed by atoms with E-state index in [4.69, 9.17) is 16.7 Å². The summed E-state index contributed by atoms with van der Waals surface area (Å²) in [4.78, 5) is 20.7. The quantitative estimate of drug-likeness (QED) is 0.592. The van der Waals surface area contributed by atoms with Crippen LogP contribution in [0.4, 0.5) is 11.4 Å². The van der Waals surface area contributed by atoms with Crippen molar-refractivity contribution in [2.24, 2.45) is 0 Å². The summed E-state index contributed by atoms with van der Waals surface area (Å²) in [7, 11) is 0. The monoisotopic (exact) mass is 300 g/mol. The highest BCUT2D eigenvalue weighted by Gasteiger charge is 2.15. The summed E-state index contributed by atoms with van der Waals surface area (Å²) in [5.74, 6) is -0.813. The Kier molecular flexibility index (Phi) is 5.76. The molecule has 20 heavy (non-hydrogen) atoms. The van der Waals surface area contributed by atoms with Crippen LogP contribution in [0.2, 0.25) is 5.02 Å². The number of nitrogens with zero attached hydrogens (tertiary/aromatic N) is 1. The van der Waals surface area contributed by atoms with Crippen molar-refractivity contribution in [3.63, 3.8) is 0 Å². The summed E-state index contributed by atoms with van der Waals surface area (Å²) in [6.07, 6.45) is 1.40. The minimum absolute atomic E-state index is 0.0607. The predicted octanol–water partition coefficient (Wildman–Crippen LogP) is 3.61. The first-order chi connectivity index (χ1) is 9.31. The molecule has 0 aromatic heterocycles. The number of rotatable bonds is 7. The normalized spacial score (nSPS) is 11.9. The molecule has 0 aliphatic rings. The van der Waals surface area contributed by atoms with Crippen LogP contribution in [0.25, 0.3) is 0 Å². The maximum absolute atomic E-state index is 10.8. The molecule has 0 heterocycles. The Morgan fingerprint density at radius 1 is 1.55 bits per heavy atom. The molecule has 7 heteroatoms. The van der Waals surface area contributed by atoms with E-state index in [1.165, 1.54) is 12.1 Å². The van der Waals surface area contributed by atoms with Crippen LogP contribution in [0.3, 0.4) is 0 Å². The van der Waals surface area contributed by atoms with Crippen LogP contribution in [0.1, 0.15) is 31.7 Å². The van der Waals surface area contributed by atoms with Crippen molar-refractivity contribution in [3.05, 3.63) is 32.8 Å². The van der Waals surface area contributed by atoms with E-state index in [0.29, 0.717) is 12.8 Å². The van der Waals surface area contributed by atoms with Gasteiger partial charge in [-0.3, -0.25) is 14.9 Å². The minimum atomic E-state index is -0.813. The predicted molar refractivity (Wildman–Crippen MR) is 77.4 cm³/mol. The van der Waals surface area contributed by atoms with Crippen LogP contribution in [-0.2, 0) is 4.79 Å². The van der Waals surface area contributed by atoms with Gasteiger partial charge in [-0.15, -0.1) is 0 Å². The van der Waals surface area contributed by atoms with Crippen molar-refractivity contribution >= 4 is 28.9 Å². The summed E-state index contributed by atoms with van der Waals surface area (Å²) >= 11 is 5.87. The van der Waals surface area contributed by atoms with Gasteiger partial charge in [0.1, 0.15) is 5.02 Å². The number of benzene rings is 1. The summed E-state index contributed by atoms with van der Waals surface area (Å²) in [5, 5.41) is 22.6. The Labute approximate surface area is 121 Å². The first kappa shape index (κ1) is 16.2. The third kappa shape index (κ3) is 4.70. The summed E-state index contributed by atoms with van der Waals surface area (Å²) in [5.41, 5.74) is 1.34. The van der Waals surface area contributed by atoms with Crippen LogP contribution in [-0.4, -0.2) is 22.0 Å². The second kappa shape index (κ2) is 7.09. The van der Waals surface area contributed by atoms with Crippen molar-refractivity contribution in [2.75, 3.05) is 5.32 Å². The first-order valence-corrected chi connectivity index (χ1v) is 6.62. The molecule has 0 aliphatic heterocycles. The van der Waals surface area contributed by atoms with E-state index in [-0.39, 0.29) is 23.2 Å². The Balaban J connectivity index is 2.70. The number of aliphatic carboxylic acids is 1. The fourth-order valence-corrected chi connectivity index (χ4v) is 2.09. The van der Waals surface area contributed by atoms with Gasteiger partial charge in [0.15, 0.2) is 0 Å². The number of nitrogens with one attached hydrogen (secondary N) is 1. The minimum Gasteiger partial charge on any atom is -0.481 e. The highest BCUT2D eigenvalue weighted by Crippen LogP contribution is 2.31. The average molecular weight is 301 g/mol. The zero-order valence-electron chi connectivity index (χ0n) is 11.4. The largest absolute Gasteiger partial charge is 0.481 e. The van der Waals surface area contributed by atoms with E-state index in [0.717, 1.165) is 11.3 Å². The number of aryl methyl sites for hydroxylation is 1. The fourth-order valence-electron chi connectivity index (χ4n) is 1.86. The molecule has 0 bridgehead atoms. The molecule has 1 unspecified atom stereocenters. The van der Waals surface area contributed by atoms with E-state index in [1.807, 2.05) is 6.92 Å². The van der Waals surface area contributed by atoms with E-state index in [9.17, 15) is 14.9 Å². The molecule has 0 saturated heterocycles. The molecule has 0 radical (unpaired) electrons. The van der Waals surface area contributed by atoms with Gasteiger partial charge in [-0.1, -0.05) is 11.6 Å². The van der Waals surface area contributed by atoms with Gasteiger partial charge in [0, 0.05) is 24.2 Å². The van der Waals surface area contributed by atoms with E-state index in [2.05, 4.69) is 5.32 Å². The number of nitro benzene ring substituents is 1. The van der Waals surface area contributed by atoms with E-state index >= 15 is 0 Å². The van der Waals surface area contributed by atoms with Gasteiger partial charge in [0.25, 0.3) is 5.69 Å². The molecule has 110 valence electrons. The third-order valence-corrected chi connectivity index (χ3v) is 3.22. The van der Waals surface area contributed by atoms with Gasteiger partial charge >= 0.3 is 5.97 Å². The summed E-state index contributed by atoms with van der Waals surface area (Å²) < 4.78 is 0.